The third-order valence-corrected chi connectivity index (χ3v) is 1.61. The fourth-order valence-electron chi connectivity index (χ4n) is 0.956. The molecule has 1 heterocycles. The Hall–Kier alpha value is -1.00. The fraction of sp³-hybridized carbons (Fsp3) is 0.429. The van der Waals surface area contributed by atoms with Crippen LogP contribution in [0.25, 0.3) is 0 Å². The molecule has 0 saturated heterocycles. The second-order valence-electron chi connectivity index (χ2n) is 2.35. The third-order valence-electron chi connectivity index (χ3n) is 1.61. The lowest BCUT2D eigenvalue weighted by Crippen LogP contribution is -1.95. The highest BCUT2D eigenvalue weighted by molar-refractivity contribution is 5.43. The highest BCUT2D eigenvalue weighted by Crippen LogP contribution is 2.11. The van der Waals surface area contributed by atoms with Gasteiger partial charge in [-0.3, -0.25) is 5.26 Å². The number of aromatic nitrogens is 1. The van der Waals surface area contributed by atoms with Crippen LogP contribution in [0.5, 0.6) is 0 Å². The van der Waals surface area contributed by atoms with Crippen LogP contribution >= 0.6 is 0 Å². The van der Waals surface area contributed by atoms with Crippen molar-refractivity contribution in [1.29, 1.82) is 0 Å². The van der Waals surface area contributed by atoms with Crippen molar-refractivity contribution in [2.75, 3.05) is 12.4 Å². The van der Waals surface area contributed by atoms with Crippen molar-refractivity contribution in [3.8, 4) is 0 Å². The first kappa shape index (κ1) is 8.10. The molecule has 0 aromatic carbocycles. The molecule has 2 N–H and O–H groups in total. The van der Waals surface area contributed by atoms with Gasteiger partial charge in [0, 0.05) is 26.0 Å². The topological polar surface area (TPSA) is 46.4 Å². The van der Waals surface area contributed by atoms with Gasteiger partial charge < -0.3 is 9.88 Å². The van der Waals surface area contributed by atoms with E-state index < -0.39 is 0 Å². The third kappa shape index (κ3) is 1.72. The molecule has 0 spiro atoms. The highest BCUT2D eigenvalue weighted by atomic mass is 17.1. The molecule has 0 atom stereocenters. The molecule has 0 aliphatic rings. The lowest BCUT2D eigenvalue weighted by Gasteiger charge is -1.97. The first-order chi connectivity index (χ1) is 5.27. The summed E-state index contributed by atoms with van der Waals surface area (Å²) in [5.41, 5.74) is 1.94. The monoisotopic (exact) mass is 156 g/mol. The molecule has 0 unspecified atom stereocenters. The summed E-state index contributed by atoms with van der Waals surface area (Å²) in [5, 5.41) is 11.2. The molecule has 0 fully saturated rings. The number of aryl methyl sites for hydroxylation is 1. The van der Waals surface area contributed by atoms with E-state index in [2.05, 4.69) is 10.2 Å². The van der Waals surface area contributed by atoms with Crippen LogP contribution in [0.4, 0.5) is 5.69 Å². The maximum absolute atomic E-state index is 8.19. The normalized spacial score (nSPS) is 10.1. The zero-order chi connectivity index (χ0) is 8.27. The second-order valence-corrected chi connectivity index (χ2v) is 2.35. The molecule has 0 aliphatic carbocycles. The molecule has 4 nitrogen and oxygen atoms in total. The molecule has 1 rings (SSSR count). The average molecular weight is 156 g/mol. The summed E-state index contributed by atoms with van der Waals surface area (Å²) in [6.45, 7) is 0.220. The first-order valence-corrected chi connectivity index (χ1v) is 3.37. The van der Waals surface area contributed by atoms with Crippen molar-refractivity contribution in [2.45, 2.75) is 6.61 Å². The van der Waals surface area contributed by atoms with Crippen molar-refractivity contribution in [3.05, 3.63) is 18.0 Å². The van der Waals surface area contributed by atoms with E-state index in [1.807, 2.05) is 30.9 Å². The minimum Gasteiger partial charge on any atom is -0.387 e. The Balaban J connectivity index is 2.79. The van der Waals surface area contributed by atoms with Crippen LogP contribution in [0.15, 0.2) is 12.3 Å². The van der Waals surface area contributed by atoms with Gasteiger partial charge in [-0.05, 0) is 6.07 Å². The van der Waals surface area contributed by atoms with E-state index in [0.717, 1.165) is 11.4 Å². The number of hydrogen-bond donors (Lipinski definition) is 2. The van der Waals surface area contributed by atoms with Gasteiger partial charge >= 0.3 is 0 Å². The molecule has 1 aromatic heterocycles. The molecule has 1 aromatic rings. The SMILES string of the molecule is CNc1cc(COO)n(C)c1. The number of rotatable bonds is 3. The van der Waals surface area contributed by atoms with Crippen LogP contribution in [-0.4, -0.2) is 16.9 Å². The molecule has 4 heteroatoms. The average Bonchev–Trinajstić information content (AvgIpc) is 2.33. The number of nitrogens with one attached hydrogen (secondary N) is 1. The summed E-state index contributed by atoms with van der Waals surface area (Å²) >= 11 is 0. The molecule has 0 radical (unpaired) electrons. The van der Waals surface area contributed by atoms with Gasteiger partial charge in [0.05, 0.1) is 5.69 Å². The van der Waals surface area contributed by atoms with Gasteiger partial charge in [-0.2, -0.15) is 0 Å². The van der Waals surface area contributed by atoms with Crippen LogP contribution in [0.1, 0.15) is 5.69 Å². The maximum atomic E-state index is 8.19. The summed E-state index contributed by atoms with van der Waals surface area (Å²) in [5.74, 6) is 0. The van der Waals surface area contributed by atoms with Crippen molar-refractivity contribution >= 4 is 5.69 Å². The number of anilines is 1. The maximum Gasteiger partial charge on any atom is 0.122 e. The zero-order valence-corrected chi connectivity index (χ0v) is 6.66. The second kappa shape index (κ2) is 3.41. The van der Waals surface area contributed by atoms with Gasteiger partial charge in [-0.25, -0.2) is 4.89 Å². The van der Waals surface area contributed by atoms with Crippen LogP contribution in [0.3, 0.4) is 0 Å². The Bertz CT molecular complexity index is 232. The Labute approximate surface area is 65.3 Å². The molecule has 0 bridgehead atoms. The summed E-state index contributed by atoms with van der Waals surface area (Å²) in [7, 11) is 3.74. The van der Waals surface area contributed by atoms with Gasteiger partial charge in [-0.15, -0.1) is 0 Å². The van der Waals surface area contributed by atoms with Crippen LogP contribution in [0, 0.1) is 0 Å². The van der Waals surface area contributed by atoms with Gasteiger partial charge in [0.2, 0.25) is 0 Å². The molecular weight excluding hydrogens is 144 g/mol. The summed E-state index contributed by atoms with van der Waals surface area (Å²) < 4.78 is 1.89. The van der Waals surface area contributed by atoms with E-state index in [1.165, 1.54) is 0 Å². The molecular formula is C7H12N2O2. The quantitative estimate of drug-likeness (QED) is 0.508. The number of nitrogens with zero attached hydrogens (tertiary/aromatic N) is 1. The fourth-order valence-corrected chi connectivity index (χ4v) is 0.956. The lowest BCUT2D eigenvalue weighted by atomic mass is 10.4. The van der Waals surface area contributed by atoms with Crippen LogP contribution < -0.4 is 5.32 Å². The van der Waals surface area contributed by atoms with E-state index >= 15 is 0 Å². The minimum atomic E-state index is 0.220. The molecule has 62 valence electrons. The van der Waals surface area contributed by atoms with Crippen LogP contribution in [0.2, 0.25) is 0 Å². The molecule has 0 aliphatic heterocycles. The zero-order valence-electron chi connectivity index (χ0n) is 6.66. The first-order valence-electron chi connectivity index (χ1n) is 3.37. The predicted molar refractivity (Wildman–Crippen MR) is 42.4 cm³/mol. The Kier molecular flexibility index (Phi) is 2.51. The van der Waals surface area contributed by atoms with Crippen LogP contribution in [-0.2, 0) is 18.5 Å². The van der Waals surface area contributed by atoms with E-state index in [1.54, 1.807) is 0 Å². The van der Waals surface area contributed by atoms with Crippen molar-refractivity contribution in [3.63, 3.8) is 0 Å². The van der Waals surface area contributed by atoms with Gasteiger partial charge in [0.15, 0.2) is 0 Å². The highest BCUT2D eigenvalue weighted by Gasteiger charge is 2.00. The van der Waals surface area contributed by atoms with Gasteiger partial charge in [0.25, 0.3) is 0 Å². The van der Waals surface area contributed by atoms with Crippen molar-refractivity contribution in [2.24, 2.45) is 7.05 Å². The summed E-state index contributed by atoms with van der Waals surface area (Å²) in [6.07, 6.45) is 1.92. The molecule has 11 heavy (non-hydrogen) atoms. The summed E-state index contributed by atoms with van der Waals surface area (Å²) in [6, 6.07) is 1.91. The standard InChI is InChI=1S/C7H12N2O2/c1-8-6-3-7(5-11-10)9(2)4-6/h3-4,8,10H,5H2,1-2H3. The predicted octanol–water partition coefficient (Wildman–Crippen LogP) is 1.06. The smallest absolute Gasteiger partial charge is 0.122 e. The van der Waals surface area contributed by atoms with Gasteiger partial charge in [0.1, 0.15) is 6.61 Å². The largest absolute Gasteiger partial charge is 0.387 e. The van der Waals surface area contributed by atoms with Crippen molar-refractivity contribution in [1.82, 2.24) is 4.57 Å². The minimum absolute atomic E-state index is 0.220. The van der Waals surface area contributed by atoms with E-state index in [4.69, 9.17) is 5.26 Å². The Morgan fingerprint density at radius 2 is 2.45 bits per heavy atom. The van der Waals surface area contributed by atoms with E-state index in [-0.39, 0.29) is 6.61 Å². The van der Waals surface area contributed by atoms with E-state index in [0.29, 0.717) is 0 Å². The molecule has 0 amide bonds. The van der Waals surface area contributed by atoms with Crippen molar-refractivity contribution < 1.29 is 10.1 Å². The number of hydrogen-bond acceptors (Lipinski definition) is 3. The Morgan fingerprint density at radius 3 is 2.91 bits per heavy atom. The van der Waals surface area contributed by atoms with Gasteiger partial charge in [-0.1, -0.05) is 0 Å². The molecule has 0 saturated carbocycles. The lowest BCUT2D eigenvalue weighted by molar-refractivity contribution is -0.254. The Morgan fingerprint density at radius 1 is 1.73 bits per heavy atom. The summed E-state index contributed by atoms with van der Waals surface area (Å²) in [4.78, 5) is 4.02. The van der Waals surface area contributed by atoms with E-state index in [9.17, 15) is 0 Å².